The Balaban J connectivity index is 1.55. The molecular formula is C29H33N5O5. The van der Waals surface area contributed by atoms with E-state index in [0.717, 1.165) is 22.6 Å². The standard InChI is InChI=1S/C29H33N5O5/c1-5-38-23-12-7-20(8-13-23)18-30-28-32-29(31-19-21-9-14-24(15-10-21)39-6-2)34(33-28)27(35)22-11-16-25(36-3)26(17-22)37-4/h7-17H,5-6,18-19H2,1-4H3,(H2,30,31,32,33). The Labute approximate surface area is 227 Å². The maximum atomic E-state index is 13.5. The number of anilines is 2. The quantitative estimate of drug-likeness (QED) is 0.246. The van der Waals surface area contributed by atoms with Crippen molar-refractivity contribution >= 4 is 17.8 Å². The van der Waals surface area contributed by atoms with Crippen LogP contribution in [0.15, 0.2) is 66.7 Å². The molecule has 10 nitrogen and oxygen atoms in total. The van der Waals surface area contributed by atoms with Crippen molar-refractivity contribution in [2.45, 2.75) is 26.9 Å². The molecule has 10 heteroatoms. The lowest BCUT2D eigenvalue weighted by molar-refractivity contribution is 0.0947. The zero-order valence-corrected chi connectivity index (χ0v) is 22.6. The second kappa shape index (κ2) is 13.2. The predicted molar refractivity (Wildman–Crippen MR) is 149 cm³/mol. The highest BCUT2D eigenvalue weighted by atomic mass is 16.5. The maximum Gasteiger partial charge on any atom is 0.281 e. The summed E-state index contributed by atoms with van der Waals surface area (Å²) < 4.78 is 22.9. The highest BCUT2D eigenvalue weighted by Crippen LogP contribution is 2.28. The lowest BCUT2D eigenvalue weighted by atomic mass is 10.2. The van der Waals surface area contributed by atoms with Gasteiger partial charge in [0, 0.05) is 18.7 Å². The molecule has 0 saturated heterocycles. The predicted octanol–water partition coefficient (Wildman–Crippen LogP) is 5.01. The van der Waals surface area contributed by atoms with Crippen LogP contribution in [0.2, 0.25) is 0 Å². The fourth-order valence-corrected chi connectivity index (χ4v) is 3.84. The molecule has 0 unspecified atom stereocenters. The van der Waals surface area contributed by atoms with Crippen molar-refractivity contribution in [2.24, 2.45) is 0 Å². The van der Waals surface area contributed by atoms with Crippen molar-refractivity contribution < 1.29 is 23.7 Å². The van der Waals surface area contributed by atoms with E-state index < -0.39 is 0 Å². The van der Waals surface area contributed by atoms with Crippen LogP contribution < -0.4 is 29.6 Å². The summed E-state index contributed by atoms with van der Waals surface area (Å²) in [5, 5.41) is 10.9. The molecule has 4 aromatic rings. The molecule has 0 spiro atoms. The maximum absolute atomic E-state index is 13.5. The van der Waals surface area contributed by atoms with Crippen LogP contribution in [0.3, 0.4) is 0 Å². The van der Waals surface area contributed by atoms with Gasteiger partial charge in [0.1, 0.15) is 11.5 Å². The molecule has 0 atom stereocenters. The lowest BCUT2D eigenvalue weighted by Gasteiger charge is -2.10. The van der Waals surface area contributed by atoms with E-state index in [4.69, 9.17) is 18.9 Å². The van der Waals surface area contributed by atoms with Crippen LogP contribution in [0.4, 0.5) is 11.9 Å². The van der Waals surface area contributed by atoms with Crippen LogP contribution in [-0.2, 0) is 13.1 Å². The summed E-state index contributed by atoms with van der Waals surface area (Å²) >= 11 is 0. The van der Waals surface area contributed by atoms with Gasteiger partial charge in [-0.3, -0.25) is 4.79 Å². The Kier molecular flexibility index (Phi) is 9.23. The van der Waals surface area contributed by atoms with Crippen LogP contribution in [0.25, 0.3) is 0 Å². The van der Waals surface area contributed by atoms with E-state index in [1.807, 2.05) is 62.4 Å². The molecule has 0 aliphatic heterocycles. The Morgan fingerprint density at radius 3 is 1.87 bits per heavy atom. The van der Waals surface area contributed by atoms with Crippen molar-refractivity contribution in [2.75, 3.05) is 38.1 Å². The van der Waals surface area contributed by atoms with Gasteiger partial charge in [-0.05, 0) is 67.4 Å². The van der Waals surface area contributed by atoms with Gasteiger partial charge in [-0.15, -0.1) is 5.10 Å². The fourth-order valence-electron chi connectivity index (χ4n) is 3.84. The molecule has 0 radical (unpaired) electrons. The molecule has 0 aliphatic carbocycles. The molecular weight excluding hydrogens is 498 g/mol. The lowest BCUT2D eigenvalue weighted by Crippen LogP contribution is -2.18. The summed E-state index contributed by atoms with van der Waals surface area (Å²) in [6.07, 6.45) is 0. The molecule has 204 valence electrons. The number of ether oxygens (including phenoxy) is 4. The summed E-state index contributed by atoms with van der Waals surface area (Å²) in [6.45, 7) is 6.01. The monoisotopic (exact) mass is 531 g/mol. The first-order chi connectivity index (χ1) is 19.0. The largest absolute Gasteiger partial charge is 0.494 e. The fraction of sp³-hybridized carbons (Fsp3) is 0.276. The number of aromatic nitrogens is 3. The molecule has 39 heavy (non-hydrogen) atoms. The van der Waals surface area contributed by atoms with Gasteiger partial charge in [0.25, 0.3) is 5.91 Å². The number of benzene rings is 3. The van der Waals surface area contributed by atoms with Crippen molar-refractivity contribution in [1.29, 1.82) is 0 Å². The van der Waals surface area contributed by atoms with Gasteiger partial charge in [-0.2, -0.15) is 9.67 Å². The number of hydrogen-bond donors (Lipinski definition) is 2. The van der Waals surface area contributed by atoms with Crippen molar-refractivity contribution in [3.8, 4) is 23.0 Å². The molecule has 0 amide bonds. The van der Waals surface area contributed by atoms with Crippen molar-refractivity contribution in [3.05, 3.63) is 83.4 Å². The number of carbonyl (C=O) groups is 1. The Morgan fingerprint density at radius 1 is 0.769 bits per heavy atom. The van der Waals surface area contributed by atoms with Gasteiger partial charge >= 0.3 is 0 Å². The zero-order chi connectivity index (χ0) is 27.6. The van der Waals surface area contributed by atoms with Crippen LogP contribution in [0, 0.1) is 0 Å². The third kappa shape index (κ3) is 6.98. The number of hydrogen-bond acceptors (Lipinski definition) is 9. The highest BCUT2D eigenvalue weighted by molar-refractivity contribution is 5.97. The second-order valence-electron chi connectivity index (χ2n) is 8.41. The molecule has 0 fully saturated rings. The van der Waals surface area contributed by atoms with E-state index in [1.165, 1.54) is 11.8 Å². The third-order valence-electron chi connectivity index (χ3n) is 5.80. The van der Waals surface area contributed by atoms with E-state index in [9.17, 15) is 4.79 Å². The van der Waals surface area contributed by atoms with Gasteiger partial charge < -0.3 is 29.6 Å². The molecule has 0 aliphatic rings. The average molecular weight is 532 g/mol. The summed E-state index contributed by atoms with van der Waals surface area (Å²) in [5.74, 6) is 2.83. The molecule has 0 bridgehead atoms. The summed E-state index contributed by atoms with van der Waals surface area (Å²) in [5.41, 5.74) is 2.39. The van der Waals surface area contributed by atoms with E-state index in [0.29, 0.717) is 55.3 Å². The minimum absolute atomic E-state index is 0.304. The minimum Gasteiger partial charge on any atom is -0.494 e. The molecule has 3 aromatic carbocycles. The molecule has 1 aromatic heterocycles. The summed E-state index contributed by atoms with van der Waals surface area (Å²) in [6, 6.07) is 20.5. The Hall–Kier alpha value is -4.73. The first kappa shape index (κ1) is 27.3. The van der Waals surface area contributed by atoms with Gasteiger partial charge in [0.15, 0.2) is 11.5 Å². The third-order valence-corrected chi connectivity index (χ3v) is 5.80. The van der Waals surface area contributed by atoms with Crippen LogP contribution in [0.5, 0.6) is 23.0 Å². The second-order valence-corrected chi connectivity index (χ2v) is 8.41. The zero-order valence-electron chi connectivity index (χ0n) is 22.6. The number of rotatable bonds is 13. The van der Waals surface area contributed by atoms with Crippen LogP contribution in [0.1, 0.15) is 35.3 Å². The average Bonchev–Trinajstić information content (AvgIpc) is 3.39. The summed E-state index contributed by atoms with van der Waals surface area (Å²) in [7, 11) is 3.07. The van der Waals surface area contributed by atoms with E-state index in [-0.39, 0.29) is 5.91 Å². The first-order valence-corrected chi connectivity index (χ1v) is 12.7. The number of methoxy groups -OCH3 is 2. The van der Waals surface area contributed by atoms with E-state index >= 15 is 0 Å². The minimum atomic E-state index is -0.369. The molecule has 4 rings (SSSR count). The van der Waals surface area contributed by atoms with Gasteiger partial charge in [0.2, 0.25) is 11.9 Å². The molecule has 2 N–H and O–H groups in total. The molecule has 1 heterocycles. The Bertz CT molecular complexity index is 1370. The van der Waals surface area contributed by atoms with E-state index in [2.05, 4.69) is 20.7 Å². The number of nitrogens with zero attached hydrogens (tertiary/aromatic N) is 3. The van der Waals surface area contributed by atoms with Gasteiger partial charge in [-0.25, -0.2) is 0 Å². The van der Waals surface area contributed by atoms with E-state index in [1.54, 1.807) is 25.3 Å². The number of carbonyl (C=O) groups excluding carboxylic acids is 1. The first-order valence-electron chi connectivity index (χ1n) is 12.7. The Morgan fingerprint density at radius 2 is 1.33 bits per heavy atom. The van der Waals surface area contributed by atoms with Crippen LogP contribution in [-0.4, -0.2) is 48.1 Å². The number of nitrogens with one attached hydrogen (secondary N) is 2. The van der Waals surface area contributed by atoms with Gasteiger partial charge in [0.05, 0.1) is 27.4 Å². The SMILES string of the molecule is CCOc1ccc(CNc2nc(NCc3ccc(OCC)cc3)n(C(=O)c3ccc(OC)c(OC)c3)n2)cc1. The highest BCUT2D eigenvalue weighted by Gasteiger charge is 2.20. The topological polar surface area (TPSA) is 109 Å². The van der Waals surface area contributed by atoms with Gasteiger partial charge in [-0.1, -0.05) is 24.3 Å². The smallest absolute Gasteiger partial charge is 0.281 e. The van der Waals surface area contributed by atoms with Crippen molar-refractivity contribution in [1.82, 2.24) is 14.8 Å². The van der Waals surface area contributed by atoms with Crippen molar-refractivity contribution in [3.63, 3.8) is 0 Å². The molecule has 0 saturated carbocycles. The summed E-state index contributed by atoms with van der Waals surface area (Å²) in [4.78, 5) is 18.1. The van der Waals surface area contributed by atoms with Crippen LogP contribution >= 0.6 is 0 Å². The normalized spacial score (nSPS) is 10.6.